The highest BCUT2D eigenvalue weighted by atomic mass is 16.4. The van der Waals surface area contributed by atoms with Crippen molar-refractivity contribution < 1.29 is 14.7 Å². The van der Waals surface area contributed by atoms with Crippen LogP contribution in [-0.4, -0.2) is 40.0 Å². The molecule has 1 fully saturated rings. The first-order chi connectivity index (χ1) is 8.66. The Labute approximate surface area is 105 Å². The molecule has 1 N–H and O–H groups in total. The Morgan fingerprint density at radius 1 is 1.50 bits per heavy atom. The lowest BCUT2D eigenvalue weighted by Crippen LogP contribution is -2.43. The van der Waals surface area contributed by atoms with Gasteiger partial charge < -0.3 is 10.0 Å². The van der Waals surface area contributed by atoms with Gasteiger partial charge in [0.05, 0.1) is 5.92 Å². The minimum absolute atomic E-state index is 0.0448. The lowest BCUT2D eigenvalue weighted by Gasteiger charge is -2.30. The van der Waals surface area contributed by atoms with Crippen molar-refractivity contribution in [2.24, 2.45) is 5.92 Å². The number of likely N-dealkylation sites (tertiary alicyclic amines) is 1. The molecule has 1 aliphatic rings. The van der Waals surface area contributed by atoms with Gasteiger partial charge in [-0.2, -0.15) is 0 Å². The zero-order valence-electron chi connectivity index (χ0n) is 10.1. The Balaban J connectivity index is 1.91. The van der Waals surface area contributed by atoms with Gasteiger partial charge in [0.2, 0.25) is 5.91 Å². The topological polar surface area (TPSA) is 70.5 Å². The lowest BCUT2D eigenvalue weighted by atomic mass is 9.97. The summed E-state index contributed by atoms with van der Waals surface area (Å²) >= 11 is 0. The highest BCUT2D eigenvalue weighted by molar-refractivity contribution is 5.80. The maximum atomic E-state index is 11.7. The van der Waals surface area contributed by atoms with Crippen LogP contribution in [0.1, 0.15) is 18.5 Å². The molecule has 1 saturated heterocycles. The molecule has 5 heteroatoms. The van der Waals surface area contributed by atoms with E-state index >= 15 is 0 Å². The van der Waals surface area contributed by atoms with Gasteiger partial charge >= 0.3 is 5.97 Å². The third-order valence-corrected chi connectivity index (χ3v) is 3.21. The van der Waals surface area contributed by atoms with E-state index in [9.17, 15) is 9.59 Å². The van der Waals surface area contributed by atoms with E-state index < -0.39 is 11.9 Å². The van der Waals surface area contributed by atoms with Crippen molar-refractivity contribution in [1.29, 1.82) is 0 Å². The van der Waals surface area contributed by atoms with E-state index in [1.54, 1.807) is 11.1 Å². The molecule has 2 rings (SSSR count). The normalized spacial score (nSPS) is 19.9. The number of aromatic nitrogens is 1. The molecule has 5 nitrogen and oxygen atoms in total. The Bertz CT molecular complexity index is 433. The van der Waals surface area contributed by atoms with Gasteiger partial charge in [-0.3, -0.25) is 14.6 Å². The number of carboxylic acid groups (broad SMARTS) is 1. The SMILES string of the molecule is O=C(O)[C@H]1CCC(=O)N(CCc2ccccn2)C1. The fraction of sp³-hybridized carbons (Fsp3) is 0.462. The zero-order chi connectivity index (χ0) is 13.0. The Morgan fingerprint density at radius 3 is 3.00 bits per heavy atom. The number of nitrogens with zero attached hydrogens (tertiary/aromatic N) is 2. The predicted octanol–water partition coefficient (Wildman–Crippen LogP) is 0.947. The van der Waals surface area contributed by atoms with Crippen LogP contribution in [0.4, 0.5) is 0 Å². The smallest absolute Gasteiger partial charge is 0.308 e. The maximum Gasteiger partial charge on any atom is 0.308 e. The Morgan fingerprint density at radius 2 is 2.33 bits per heavy atom. The van der Waals surface area contributed by atoms with Crippen LogP contribution in [-0.2, 0) is 16.0 Å². The average Bonchev–Trinajstić information content (AvgIpc) is 2.38. The van der Waals surface area contributed by atoms with E-state index in [2.05, 4.69) is 4.98 Å². The summed E-state index contributed by atoms with van der Waals surface area (Å²) in [6.07, 6.45) is 3.17. The van der Waals surface area contributed by atoms with Crippen molar-refractivity contribution >= 4 is 11.9 Å². The second kappa shape index (κ2) is 5.62. The maximum absolute atomic E-state index is 11.7. The highest BCUT2D eigenvalue weighted by Crippen LogP contribution is 2.18. The molecule has 0 spiro atoms. The number of rotatable bonds is 4. The Kier molecular flexibility index (Phi) is 3.92. The molecule has 2 heterocycles. The number of amides is 1. The molecule has 18 heavy (non-hydrogen) atoms. The van der Waals surface area contributed by atoms with Crippen LogP contribution in [0.25, 0.3) is 0 Å². The summed E-state index contributed by atoms with van der Waals surface area (Å²) < 4.78 is 0. The van der Waals surface area contributed by atoms with Gasteiger partial charge in [-0.25, -0.2) is 0 Å². The first-order valence-electron chi connectivity index (χ1n) is 6.07. The zero-order valence-corrected chi connectivity index (χ0v) is 10.1. The number of hydrogen-bond acceptors (Lipinski definition) is 3. The number of pyridine rings is 1. The lowest BCUT2D eigenvalue weighted by molar-refractivity contribution is -0.147. The van der Waals surface area contributed by atoms with Gasteiger partial charge in [0.25, 0.3) is 0 Å². The number of hydrogen-bond donors (Lipinski definition) is 1. The molecule has 1 aromatic rings. The fourth-order valence-electron chi connectivity index (χ4n) is 2.13. The molecule has 1 aromatic heterocycles. The summed E-state index contributed by atoms with van der Waals surface area (Å²) in [7, 11) is 0. The largest absolute Gasteiger partial charge is 0.481 e. The number of carbonyl (C=O) groups is 2. The molecule has 0 aromatic carbocycles. The van der Waals surface area contributed by atoms with E-state index in [0.717, 1.165) is 5.69 Å². The van der Waals surface area contributed by atoms with Crippen LogP contribution in [0.15, 0.2) is 24.4 Å². The minimum Gasteiger partial charge on any atom is -0.481 e. The summed E-state index contributed by atoms with van der Waals surface area (Å²) in [5.41, 5.74) is 0.919. The molecule has 0 saturated carbocycles. The van der Waals surface area contributed by atoms with Crippen LogP contribution in [0.2, 0.25) is 0 Å². The third kappa shape index (κ3) is 3.06. The highest BCUT2D eigenvalue weighted by Gasteiger charge is 2.29. The molecule has 0 radical (unpaired) electrons. The van der Waals surface area contributed by atoms with Crippen LogP contribution >= 0.6 is 0 Å². The predicted molar refractivity (Wildman–Crippen MR) is 64.9 cm³/mol. The van der Waals surface area contributed by atoms with Crippen molar-refractivity contribution in [3.63, 3.8) is 0 Å². The molecule has 0 bridgehead atoms. The van der Waals surface area contributed by atoms with E-state index in [4.69, 9.17) is 5.11 Å². The number of aliphatic carboxylic acids is 1. The van der Waals surface area contributed by atoms with Crippen molar-refractivity contribution in [2.75, 3.05) is 13.1 Å². The summed E-state index contributed by atoms with van der Waals surface area (Å²) in [5, 5.41) is 8.98. The molecule has 0 unspecified atom stereocenters. The van der Waals surface area contributed by atoms with Gasteiger partial charge in [-0.1, -0.05) is 6.07 Å². The van der Waals surface area contributed by atoms with Crippen molar-refractivity contribution in [2.45, 2.75) is 19.3 Å². The van der Waals surface area contributed by atoms with Crippen molar-refractivity contribution in [1.82, 2.24) is 9.88 Å². The first kappa shape index (κ1) is 12.5. The molecular formula is C13H16N2O3. The Hall–Kier alpha value is -1.91. The van der Waals surface area contributed by atoms with Crippen LogP contribution in [0.5, 0.6) is 0 Å². The fourth-order valence-corrected chi connectivity index (χ4v) is 2.13. The van der Waals surface area contributed by atoms with Gasteiger partial charge in [-0.15, -0.1) is 0 Å². The van der Waals surface area contributed by atoms with Crippen molar-refractivity contribution in [3.05, 3.63) is 30.1 Å². The molecule has 96 valence electrons. The molecule has 1 amide bonds. The van der Waals surface area contributed by atoms with Gasteiger partial charge in [-0.05, 0) is 18.6 Å². The summed E-state index contributed by atoms with van der Waals surface area (Å²) in [6, 6.07) is 5.65. The number of carbonyl (C=O) groups excluding carboxylic acids is 1. The second-order valence-electron chi connectivity index (χ2n) is 4.48. The first-order valence-corrected chi connectivity index (χ1v) is 6.07. The average molecular weight is 248 g/mol. The monoisotopic (exact) mass is 248 g/mol. The quantitative estimate of drug-likeness (QED) is 0.861. The van der Waals surface area contributed by atoms with Crippen LogP contribution in [0, 0.1) is 5.92 Å². The van der Waals surface area contributed by atoms with E-state index in [-0.39, 0.29) is 5.91 Å². The number of piperidine rings is 1. The van der Waals surface area contributed by atoms with E-state index in [1.165, 1.54) is 0 Å². The number of carboxylic acids is 1. The van der Waals surface area contributed by atoms with Crippen molar-refractivity contribution in [3.8, 4) is 0 Å². The summed E-state index contributed by atoms with van der Waals surface area (Å²) in [4.78, 5) is 28.5. The third-order valence-electron chi connectivity index (χ3n) is 3.21. The molecule has 1 atom stereocenters. The second-order valence-corrected chi connectivity index (χ2v) is 4.48. The van der Waals surface area contributed by atoms with Crippen LogP contribution < -0.4 is 0 Å². The van der Waals surface area contributed by atoms with Gasteiger partial charge in [0.15, 0.2) is 0 Å². The van der Waals surface area contributed by atoms with E-state index in [1.807, 2.05) is 18.2 Å². The summed E-state index contributed by atoms with van der Waals surface area (Å²) in [6.45, 7) is 0.862. The van der Waals surface area contributed by atoms with Gasteiger partial charge in [0.1, 0.15) is 0 Å². The van der Waals surface area contributed by atoms with Crippen LogP contribution in [0.3, 0.4) is 0 Å². The molecule has 1 aliphatic heterocycles. The van der Waals surface area contributed by atoms with Gasteiger partial charge in [0, 0.05) is 37.8 Å². The summed E-state index contributed by atoms with van der Waals surface area (Å²) in [5.74, 6) is -1.19. The standard InChI is InChI=1S/C13H16N2O3/c16-12-5-4-10(13(17)18)9-15(12)8-6-11-3-1-2-7-14-11/h1-3,7,10H,4-6,8-9H2,(H,17,18)/t10-/m0/s1. The molecule has 0 aliphatic carbocycles. The molecular weight excluding hydrogens is 232 g/mol. The van der Waals surface area contributed by atoms with E-state index in [0.29, 0.717) is 32.4 Å². The minimum atomic E-state index is -0.815.